The van der Waals surface area contributed by atoms with Crippen molar-refractivity contribution in [3.8, 4) is 0 Å². The maximum Gasteiger partial charge on any atom is 0.210 e. The number of fused-ring (bicyclic) bond motifs is 1. The van der Waals surface area contributed by atoms with Gasteiger partial charge in [-0.1, -0.05) is 56.3 Å². The SMILES string of the molecule is CCN(CC)CCNC(=S)Nc1nc2ccccc2n1Cc1ccccc1. The Balaban J connectivity index is 1.73. The van der Waals surface area contributed by atoms with Gasteiger partial charge < -0.3 is 20.1 Å². The van der Waals surface area contributed by atoms with Gasteiger partial charge in [0.2, 0.25) is 5.95 Å². The number of thiocarbonyl (C=S) groups is 1. The van der Waals surface area contributed by atoms with Crippen LogP contribution in [0.1, 0.15) is 19.4 Å². The van der Waals surface area contributed by atoms with E-state index in [4.69, 9.17) is 17.2 Å². The van der Waals surface area contributed by atoms with Crippen molar-refractivity contribution in [3.63, 3.8) is 0 Å². The summed E-state index contributed by atoms with van der Waals surface area (Å²) in [6, 6.07) is 18.6. The molecule has 0 aliphatic carbocycles. The molecule has 1 heterocycles. The topological polar surface area (TPSA) is 45.1 Å². The van der Waals surface area contributed by atoms with Gasteiger partial charge in [0.15, 0.2) is 5.11 Å². The highest BCUT2D eigenvalue weighted by molar-refractivity contribution is 7.80. The fourth-order valence-electron chi connectivity index (χ4n) is 3.11. The minimum atomic E-state index is 0.603. The van der Waals surface area contributed by atoms with E-state index in [1.807, 2.05) is 24.3 Å². The van der Waals surface area contributed by atoms with E-state index in [0.717, 1.165) is 49.7 Å². The molecular formula is C21H27N5S. The molecule has 0 bridgehead atoms. The second kappa shape index (κ2) is 9.48. The van der Waals surface area contributed by atoms with Gasteiger partial charge in [-0.25, -0.2) is 4.98 Å². The Morgan fingerprint density at radius 1 is 1.04 bits per heavy atom. The van der Waals surface area contributed by atoms with Crippen LogP contribution in [0.15, 0.2) is 54.6 Å². The van der Waals surface area contributed by atoms with Crippen LogP contribution in [-0.4, -0.2) is 45.7 Å². The Kier molecular flexibility index (Phi) is 6.79. The minimum Gasteiger partial charge on any atom is -0.361 e. The number of imidazole rings is 1. The molecule has 27 heavy (non-hydrogen) atoms. The normalized spacial score (nSPS) is 11.1. The summed E-state index contributed by atoms with van der Waals surface area (Å²) < 4.78 is 2.17. The molecule has 142 valence electrons. The van der Waals surface area contributed by atoms with E-state index in [2.05, 4.69) is 64.3 Å². The van der Waals surface area contributed by atoms with Gasteiger partial charge >= 0.3 is 0 Å². The molecule has 5 nitrogen and oxygen atoms in total. The number of likely N-dealkylation sites (N-methyl/N-ethyl adjacent to an activating group) is 1. The van der Waals surface area contributed by atoms with Crippen LogP contribution in [0.25, 0.3) is 11.0 Å². The fourth-order valence-corrected chi connectivity index (χ4v) is 3.30. The number of aromatic nitrogens is 2. The summed E-state index contributed by atoms with van der Waals surface area (Å²) in [6.07, 6.45) is 0. The molecular weight excluding hydrogens is 354 g/mol. The first-order valence-corrected chi connectivity index (χ1v) is 9.88. The van der Waals surface area contributed by atoms with Crippen LogP contribution >= 0.6 is 12.2 Å². The second-order valence-corrected chi connectivity index (χ2v) is 6.81. The van der Waals surface area contributed by atoms with Gasteiger partial charge in [0.25, 0.3) is 0 Å². The Morgan fingerprint density at radius 2 is 1.74 bits per heavy atom. The molecule has 6 heteroatoms. The average Bonchev–Trinajstić information content (AvgIpc) is 3.03. The molecule has 0 spiro atoms. The number of hydrogen-bond acceptors (Lipinski definition) is 3. The van der Waals surface area contributed by atoms with Gasteiger partial charge in [-0.15, -0.1) is 0 Å². The molecule has 0 saturated carbocycles. The van der Waals surface area contributed by atoms with E-state index >= 15 is 0 Å². The number of para-hydroxylation sites is 2. The summed E-state index contributed by atoms with van der Waals surface area (Å²) in [7, 11) is 0. The maximum absolute atomic E-state index is 5.50. The minimum absolute atomic E-state index is 0.603. The predicted molar refractivity (Wildman–Crippen MR) is 117 cm³/mol. The Labute approximate surface area is 166 Å². The molecule has 0 amide bonds. The third-order valence-electron chi connectivity index (χ3n) is 4.67. The van der Waals surface area contributed by atoms with Gasteiger partial charge in [-0.05, 0) is 43.0 Å². The quantitative estimate of drug-likeness (QED) is 0.583. The monoisotopic (exact) mass is 381 g/mol. The molecule has 0 unspecified atom stereocenters. The summed E-state index contributed by atoms with van der Waals surface area (Å²) in [5.41, 5.74) is 3.28. The lowest BCUT2D eigenvalue weighted by Crippen LogP contribution is -2.37. The van der Waals surface area contributed by atoms with Crippen LogP contribution < -0.4 is 10.6 Å². The molecule has 0 fully saturated rings. The van der Waals surface area contributed by atoms with Crippen molar-refractivity contribution in [2.24, 2.45) is 0 Å². The summed E-state index contributed by atoms with van der Waals surface area (Å²) in [5, 5.41) is 7.18. The van der Waals surface area contributed by atoms with Crippen LogP contribution in [0.4, 0.5) is 5.95 Å². The number of anilines is 1. The Morgan fingerprint density at radius 3 is 2.48 bits per heavy atom. The highest BCUT2D eigenvalue weighted by Gasteiger charge is 2.12. The lowest BCUT2D eigenvalue weighted by Gasteiger charge is -2.19. The van der Waals surface area contributed by atoms with Gasteiger partial charge in [0.05, 0.1) is 17.6 Å². The van der Waals surface area contributed by atoms with Crippen molar-refractivity contribution >= 4 is 34.3 Å². The molecule has 0 atom stereocenters. The van der Waals surface area contributed by atoms with E-state index in [9.17, 15) is 0 Å². The van der Waals surface area contributed by atoms with E-state index < -0.39 is 0 Å². The molecule has 2 aromatic carbocycles. The van der Waals surface area contributed by atoms with E-state index in [0.29, 0.717) is 5.11 Å². The molecule has 3 rings (SSSR count). The van der Waals surface area contributed by atoms with Crippen molar-refractivity contribution in [3.05, 3.63) is 60.2 Å². The van der Waals surface area contributed by atoms with E-state index in [-0.39, 0.29) is 0 Å². The van der Waals surface area contributed by atoms with Crippen molar-refractivity contribution in [1.29, 1.82) is 0 Å². The largest absolute Gasteiger partial charge is 0.361 e. The first kappa shape index (κ1) is 19.3. The highest BCUT2D eigenvalue weighted by Crippen LogP contribution is 2.21. The third kappa shape index (κ3) is 5.05. The first-order valence-electron chi connectivity index (χ1n) is 9.47. The number of benzene rings is 2. The van der Waals surface area contributed by atoms with Crippen LogP contribution in [0.2, 0.25) is 0 Å². The number of nitrogens with one attached hydrogen (secondary N) is 2. The number of nitrogens with zero attached hydrogens (tertiary/aromatic N) is 3. The number of rotatable bonds is 8. The zero-order valence-electron chi connectivity index (χ0n) is 16.0. The second-order valence-electron chi connectivity index (χ2n) is 6.40. The zero-order chi connectivity index (χ0) is 19.1. The molecule has 0 aliphatic heterocycles. The lowest BCUT2D eigenvalue weighted by molar-refractivity contribution is 0.308. The van der Waals surface area contributed by atoms with Gasteiger partial charge in [-0.3, -0.25) is 0 Å². The van der Waals surface area contributed by atoms with Gasteiger partial charge in [0.1, 0.15) is 0 Å². The van der Waals surface area contributed by atoms with Crippen molar-refractivity contribution in [2.45, 2.75) is 20.4 Å². The fraction of sp³-hybridized carbons (Fsp3) is 0.333. The summed E-state index contributed by atoms with van der Waals surface area (Å²) in [6.45, 7) is 8.96. The third-order valence-corrected chi connectivity index (χ3v) is 4.92. The van der Waals surface area contributed by atoms with E-state index in [1.54, 1.807) is 0 Å². The Bertz CT molecular complexity index is 871. The molecule has 2 N–H and O–H groups in total. The first-order chi connectivity index (χ1) is 13.2. The molecule has 0 saturated heterocycles. The summed E-state index contributed by atoms with van der Waals surface area (Å²) in [4.78, 5) is 7.10. The molecule has 1 aromatic heterocycles. The standard InChI is InChI=1S/C21H27N5S/c1-3-25(4-2)15-14-22-21(27)24-20-23-18-12-8-9-13-19(18)26(20)16-17-10-6-5-7-11-17/h5-13H,3-4,14-16H2,1-2H3,(H2,22,23,24,27). The number of hydrogen-bond donors (Lipinski definition) is 2. The van der Waals surface area contributed by atoms with Crippen LogP contribution in [0.5, 0.6) is 0 Å². The van der Waals surface area contributed by atoms with Crippen molar-refractivity contribution < 1.29 is 0 Å². The highest BCUT2D eigenvalue weighted by atomic mass is 32.1. The average molecular weight is 382 g/mol. The summed E-state index contributed by atoms with van der Waals surface area (Å²) in [5.74, 6) is 0.764. The van der Waals surface area contributed by atoms with Gasteiger partial charge in [0, 0.05) is 13.1 Å². The van der Waals surface area contributed by atoms with Gasteiger partial charge in [-0.2, -0.15) is 0 Å². The molecule has 3 aromatic rings. The lowest BCUT2D eigenvalue weighted by atomic mass is 10.2. The zero-order valence-corrected chi connectivity index (χ0v) is 16.8. The predicted octanol–water partition coefficient (Wildman–Crippen LogP) is 3.71. The van der Waals surface area contributed by atoms with Crippen molar-refractivity contribution in [1.82, 2.24) is 19.8 Å². The van der Waals surface area contributed by atoms with Crippen LogP contribution in [0, 0.1) is 0 Å². The maximum atomic E-state index is 5.50. The molecule has 0 aliphatic rings. The Hall–Kier alpha value is -2.44. The summed E-state index contributed by atoms with van der Waals surface area (Å²) >= 11 is 5.50. The molecule has 0 radical (unpaired) electrons. The van der Waals surface area contributed by atoms with Crippen molar-refractivity contribution in [2.75, 3.05) is 31.5 Å². The van der Waals surface area contributed by atoms with Crippen LogP contribution in [-0.2, 0) is 6.54 Å². The smallest absolute Gasteiger partial charge is 0.210 e. The van der Waals surface area contributed by atoms with Crippen LogP contribution in [0.3, 0.4) is 0 Å². The van der Waals surface area contributed by atoms with E-state index in [1.165, 1.54) is 5.56 Å².